The minimum atomic E-state index is -0.0936. The molecule has 0 aliphatic carbocycles. The Labute approximate surface area is 141 Å². The van der Waals surface area contributed by atoms with E-state index in [2.05, 4.69) is 14.9 Å². The number of hydrogen-bond acceptors (Lipinski definition) is 3. The Morgan fingerprint density at radius 3 is 2.38 bits per heavy atom. The average molecular weight is 326 g/mol. The van der Waals surface area contributed by atoms with Gasteiger partial charge in [-0.05, 0) is 44.0 Å². The highest BCUT2D eigenvalue weighted by molar-refractivity contribution is 5.95. The van der Waals surface area contributed by atoms with Gasteiger partial charge in [0, 0.05) is 49.7 Å². The molecule has 6 nitrogen and oxygen atoms in total. The Kier molecular flexibility index (Phi) is 4.64. The summed E-state index contributed by atoms with van der Waals surface area (Å²) in [7, 11) is 2.01. The van der Waals surface area contributed by atoms with Crippen LogP contribution >= 0.6 is 0 Å². The zero-order chi connectivity index (χ0) is 17.1. The molecule has 1 aromatic carbocycles. The Balaban J connectivity index is 1.55. The van der Waals surface area contributed by atoms with E-state index in [1.807, 2.05) is 24.3 Å². The van der Waals surface area contributed by atoms with Crippen molar-refractivity contribution in [3.63, 3.8) is 0 Å². The van der Waals surface area contributed by atoms with E-state index in [1.54, 1.807) is 24.3 Å². The Hall–Kier alpha value is -2.63. The van der Waals surface area contributed by atoms with Crippen LogP contribution in [0.25, 0.3) is 0 Å². The second kappa shape index (κ2) is 6.86. The smallest absolute Gasteiger partial charge is 0.321 e. The Morgan fingerprint density at radius 1 is 1.17 bits per heavy atom. The largest absolute Gasteiger partial charge is 0.338 e. The number of aryl methyl sites for hydroxylation is 1. The van der Waals surface area contributed by atoms with Crippen molar-refractivity contribution < 1.29 is 9.59 Å². The van der Waals surface area contributed by atoms with Gasteiger partial charge in [-0.3, -0.25) is 4.79 Å². The predicted octanol–water partition coefficient (Wildman–Crippen LogP) is 3.03. The Morgan fingerprint density at radius 2 is 1.83 bits per heavy atom. The second-order valence-corrected chi connectivity index (χ2v) is 6.22. The minimum absolute atomic E-state index is 0.0178. The molecule has 2 heterocycles. The second-order valence-electron chi connectivity index (χ2n) is 6.22. The first-order valence-corrected chi connectivity index (χ1v) is 8.19. The van der Waals surface area contributed by atoms with Gasteiger partial charge in [0.1, 0.15) is 5.82 Å². The van der Waals surface area contributed by atoms with Crippen molar-refractivity contribution >= 4 is 17.5 Å². The number of carbonyl (C=O) groups is 2. The fourth-order valence-corrected chi connectivity index (χ4v) is 3.10. The van der Waals surface area contributed by atoms with Crippen LogP contribution in [0.3, 0.4) is 0 Å². The molecule has 1 N–H and O–H groups in total. The molecule has 0 atom stereocenters. The van der Waals surface area contributed by atoms with Gasteiger partial charge >= 0.3 is 6.03 Å². The number of anilines is 1. The molecule has 126 valence electrons. The predicted molar refractivity (Wildman–Crippen MR) is 92.2 cm³/mol. The molecule has 0 bridgehead atoms. The van der Waals surface area contributed by atoms with Gasteiger partial charge in [0.2, 0.25) is 0 Å². The number of hydrogen-bond donors (Lipinski definition) is 1. The molecule has 1 aromatic heterocycles. The zero-order valence-electron chi connectivity index (χ0n) is 14.0. The number of piperidine rings is 1. The van der Waals surface area contributed by atoms with Crippen molar-refractivity contribution in [1.82, 2.24) is 14.5 Å². The van der Waals surface area contributed by atoms with Gasteiger partial charge in [-0.25, -0.2) is 9.78 Å². The number of nitrogens with one attached hydrogen (secondary N) is 1. The lowest BCUT2D eigenvalue weighted by molar-refractivity contribution is 0.101. The molecule has 1 aliphatic heterocycles. The first-order chi connectivity index (χ1) is 11.5. The third-order valence-corrected chi connectivity index (χ3v) is 4.55. The van der Waals surface area contributed by atoms with Crippen LogP contribution in [0, 0.1) is 0 Å². The van der Waals surface area contributed by atoms with Crippen molar-refractivity contribution in [3.8, 4) is 0 Å². The van der Waals surface area contributed by atoms with Crippen LogP contribution in [0.4, 0.5) is 10.5 Å². The van der Waals surface area contributed by atoms with Crippen molar-refractivity contribution in [3.05, 3.63) is 48.0 Å². The summed E-state index contributed by atoms with van der Waals surface area (Å²) in [6.07, 6.45) is 5.61. The molecule has 1 saturated heterocycles. The highest BCUT2D eigenvalue weighted by atomic mass is 16.2. The summed E-state index contributed by atoms with van der Waals surface area (Å²) in [6.45, 7) is 2.96. The topological polar surface area (TPSA) is 67.2 Å². The van der Waals surface area contributed by atoms with E-state index >= 15 is 0 Å². The molecule has 24 heavy (non-hydrogen) atoms. The molecule has 0 unspecified atom stereocenters. The molecule has 1 aliphatic rings. The van der Waals surface area contributed by atoms with Crippen LogP contribution in [-0.4, -0.2) is 39.4 Å². The van der Waals surface area contributed by atoms with Gasteiger partial charge in [-0.15, -0.1) is 0 Å². The monoisotopic (exact) mass is 326 g/mol. The molecule has 0 saturated carbocycles. The SMILES string of the molecule is CC(=O)c1ccc(NC(=O)N2CCC(c3nccn3C)CC2)cc1. The lowest BCUT2D eigenvalue weighted by Gasteiger charge is -2.31. The molecular formula is C18H22N4O2. The van der Waals surface area contributed by atoms with E-state index in [1.165, 1.54) is 6.92 Å². The molecule has 6 heteroatoms. The van der Waals surface area contributed by atoms with Gasteiger partial charge in [0.15, 0.2) is 5.78 Å². The number of likely N-dealkylation sites (tertiary alicyclic amines) is 1. The van der Waals surface area contributed by atoms with Crippen molar-refractivity contribution in [2.45, 2.75) is 25.7 Å². The standard InChI is InChI=1S/C18H22N4O2/c1-13(23)14-3-5-16(6-4-14)20-18(24)22-10-7-15(8-11-22)17-19-9-12-21(17)2/h3-6,9,12,15H,7-8,10-11H2,1-2H3,(H,20,24). The molecular weight excluding hydrogens is 304 g/mol. The number of benzene rings is 1. The van der Waals surface area contributed by atoms with Crippen molar-refractivity contribution in [2.75, 3.05) is 18.4 Å². The van der Waals surface area contributed by atoms with Gasteiger partial charge < -0.3 is 14.8 Å². The molecule has 3 rings (SSSR count). The molecule has 1 fully saturated rings. The van der Waals surface area contributed by atoms with E-state index in [4.69, 9.17) is 0 Å². The van der Waals surface area contributed by atoms with Crippen LogP contribution in [0.1, 0.15) is 41.9 Å². The highest BCUT2D eigenvalue weighted by Crippen LogP contribution is 2.26. The van der Waals surface area contributed by atoms with E-state index in [9.17, 15) is 9.59 Å². The number of rotatable bonds is 3. The maximum absolute atomic E-state index is 12.4. The van der Waals surface area contributed by atoms with Crippen molar-refractivity contribution in [1.29, 1.82) is 0 Å². The fourth-order valence-electron chi connectivity index (χ4n) is 3.10. The van der Waals surface area contributed by atoms with Gasteiger partial charge in [0.05, 0.1) is 0 Å². The summed E-state index contributed by atoms with van der Waals surface area (Å²) >= 11 is 0. The Bertz CT molecular complexity index is 728. The average Bonchev–Trinajstić information content (AvgIpc) is 3.01. The number of nitrogens with zero attached hydrogens (tertiary/aromatic N) is 3. The summed E-state index contributed by atoms with van der Waals surface area (Å²) in [5.41, 5.74) is 1.35. The fraction of sp³-hybridized carbons (Fsp3) is 0.389. The summed E-state index contributed by atoms with van der Waals surface area (Å²) in [5.74, 6) is 1.52. The van der Waals surface area contributed by atoms with E-state index in [0.29, 0.717) is 17.2 Å². The number of Topliss-reactive ketones (excluding diaryl/α,β-unsaturated/α-hetero) is 1. The third-order valence-electron chi connectivity index (χ3n) is 4.55. The van der Waals surface area contributed by atoms with Crippen LogP contribution in [0.15, 0.2) is 36.7 Å². The summed E-state index contributed by atoms with van der Waals surface area (Å²) in [6, 6.07) is 6.88. The van der Waals surface area contributed by atoms with Crippen LogP contribution in [-0.2, 0) is 7.05 Å². The lowest BCUT2D eigenvalue weighted by Crippen LogP contribution is -2.40. The number of imidazole rings is 1. The maximum atomic E-state index is 12.4. The zero-order valence-corrected chi connectivity index (χ0v) is 14.0. The van der Waals surface area contributed by atoms with Gasteiger partial charge in [-0.2, -0.15) is 0 Å². The lowest BCUT2D eigenvalue weighted by atomic mass is 9.96. The van der Waals surface area contributed by atoms with Crippen LogP contribution in [0.2, 0.25) is 0 Å². The van der Waals surface area contributed by atoms with Crippen molar-refractivity contribution in [2.24, 2.45) is 7.05 Å². The molecule has 2 aromatic rings. The number of aromatic nitrogens is 2. The minimum Gasteiger partial charge on any atom is -0.338 e. The summed E-state index contributed by atoms with van der Waals surface area (Å²) < 4.78 is 2.05. The molecule has 0 radical (unpaired) electrons. The molecule has 0 spiro atoms. The highest BCUT2D eigenvalue weighted by Gasteiger charge is 2.25. The first kappa shape index (κ1) is 16.2. The summed E-state index contributed by atoms with van der Waals surface area (Å²) in [4.78, 5) is 29.9. The van der Waals surface area contributed by atoms with Crippen LogP contribution in [0.5, 0.6) is 0 Å². The van der Waals surface area contributed by atoms with E-state index in [-0.39, 0.29) is 11.8 Å². The molecule has 2 amide bonds. The number of ketones is 1. The number of urea groups is 1. The van der Waals surface area contributed by atoms with Gasteiger partial charge in [-0.1, -0.05) is 0 Å². The van der Waals surface area contributed by atoms with Crippen LogP contribution < -0.4 is 5.32 Å². The number of carbonyl (C=O) groups excluding carboxylic acids is 2. The summed E-state index contributed by atoms with van der Waals surface area (Å²) in [5, 5.41) is 2.89. The number of amides is 2. The van der Waals surface area contributed by atoms with E-state index < -0.39 is 0 Å². The maximum Gasteiger partial charge on any atom is 0.321 e. The normalized spacial score (nSPS) is 15.3. The van der Waals surface area contributed by atoms with E-state index in [0.717, 1.165) is 31.8 Å². The third kappa shape index (κ3) is 3.48. The quantitative estimate of drug-likeness (QED) is 0.882. The first-order valence-electron chi connectivity index (χ1n) is 8.19. The van der Waals surface area contributed by atoms with Gasteiger partial charge in [0.25, 0.3) is 0 Å².